The third-order valence-corrected chi connectivity index (χ3v) is 5.03. The minimum Gasteiger partial charge on any atom is -0.497 e. The van der Waals surface area contributed by atoms with Crippen LogP contribution in [0.4, 0.5) is 0 Å². The summed E-state index contributed by atoms with van der Waals surface area (Å²) in [5.41, 5.74) is 2.70. The Morgan fingerprint density at radius 3 is 2.48 bits per heavy atom. The van der Waals surface area contributed by atoms with Crippen molar-refractivity contribution in [2.24, 2.45) is 0 Å². The summed E-state index contributed by atoms with van der Waals surface area (Å²) in [6.07, 6.45) is 1.75. The summed E-state index contributed by atoms with van der Waals surface area (Å²) in [6.45, 7) is 0.00458. The summed E-state index contributed by atoms with van der Waals surface area (Å²) in [5.74, 6) is 1.43. The van der Waals surface area contributed by atoms with E-state index >= 15 is 0 Å². The second kappa shape index (κ2) is 10.2. The van der Waals surface area contributed by atoms with Gasteiger partial charge in [-0.2, -0.15) is 0 Å². The lowest BCUT2D eigenvalue weighted by Gasteiger charge is -2.14. The predicted octanol–water partition coefficient (Wildman–Crippen LogP) is 4.40. The van der Waals surface area contributed by atoms with Gasteiger partial charge in [0.15, 0.2) is 0 Å². The summed E-state index contributed by atoms with van der Waals surface area (Å²) in [4.78, 5) is 12.7. The maximum absolute atomic E-state index is 12.7. The first-order chi connectivity index (χ1) is 14.1. The highest BCUT2D eigenvalue weighted by atomic mass is 35.5. The van der Waals surface area contributed by atoms with Gasteiger partial charge in [-0.25, -0.2) is 0 Å². The fraction of sp³-hybridized carbons (Fsp3) is 0.304. The van der Waals surface area contributed by atoms with E-state index in [1.165, 1.54) is 0 Å². The lowest BCUT2D eigenvalue weighted by Crippen LogP contribution is -2.11. The molecule has 0 spiro atoms. The third kappa shape index (κ3) is 6.17. The molecule has 1 N–H and O–H groups in total. The Bertz CT molecular complexity index is 919. The molecule has 3 rings (SSSR count). The van der Waals surface area contributed by atoms with Gasteiger partial charge in [0.05, 0.1) is 12.8 Å². The van der Waals surface area contributed by atoms with Crippen LogP contribution in [0, 0.1) is 0 Å². The first-order valence-electron chi connectivity index (χ1n) is 9.53. The van der Waals surface area contributed by atoms with E-state index in [1.54, 1.807) is 19.2 Å². The molecule has 0 aliphatic carbocycles. The van der Waals surface area contributed by atoms with Crippen molar-refractivity contribution in [1.82, 2.24) is 5.16 Å². The molecule has 0 bridgehead atoms. The molecule has 1 atom stereocenters. The number of hydrogen-bond acceptors (Lipinski definition) is 5. The number of rotatable bonds is 10. The Morgan fingerprint density at radius 1 is 1.14 bits per heavy atom. The zero-order chi connectivity index (χ0) is 20.6. The molecule has 0 saturated heterocycles. The molecule has 0 amide bonds. The Kier molecular flexibility index (Phi) is 7.44. The van der Waals surface area contributed by atoms with Crippen molar-refractivity contribution in [3.8, 4) is 5.75 Å². The molecule has 29 heavy (non-hydrogen) atoms. The van der Waals surface area contributed by atoms with E-state index in [1.807, 2.05) is 42.5 Å². The summed E-state index contributed by atoms with van der Waals surface area (Å²) in [6, 6.07) is 16.9. The molecule has 0 fully saturated rings. The van der Waals surface area contributed by atoms with E-state index in [2.05, 4.69) is 5.16 Å². The molecule has 0 aliphatic rings. The Labute approximate surface area is 175 Å². The Balaban J connectivity index is 1.75. The number of halogens is 1. The van der Waals surface area contributed by atoms with Crippen LogP contribution in [0.5, 0.6) is 5.75 Å². The number of carbonyl (C=O) groups excluding carboxylic acids is 1. The van der Waals surface area contributed by atoms with E-state index in [4.69, 9.17) is 26.0 Å². The maximum atomic E-state index is 12.7. The summed E-state index contributed by atoms with van der Waals surface area (Å²) in [5, 5.41) is 13.8. The van der Waals surface area contributed by atoms with E-state index in [0.717, 1.165) is 16.9 Å². The average Bonchev–Trinajstić information content (AvgIpc) is 3.19. The molecule has 5 nitrogen and oxygen atoms in total. The van der Waals surface area contributed by atoms with Crippen molar-refractivity contribution >= 4 is 17.4 Å². The average molecular weight is 414 g/mol. The molecular weight excluding hydrogens is 390 g/mol. The van der Waals surface area contributed by atoms with Gasteiger partial charge < -0.3 is 14.4 Å². The van der Waals surface area contributed by atoms with Crippen molar-refractivity contribution in [2.45, 2.75) is 31.6 Å². The monoisotopic (exact) mass is 413 g/mol. The van der Waals surface area contributed by atoms with Crippen molar-refractivity contribution in [3.05, 3.63) is 82.2 Å². The highest BCUT2D eigenvalue weighted by molar-refractivity contribution is 6.30. The van der Waals surface area contributed by atoms with Crippen molar-refractivity contribution < 1.29 is 19.2 Å². The molecule has 0 unspecified atom stereocenters. The van der Waals surface area contributed by atoms with Crippen molar-refractivity contribution in [2.75, 3.05) is 13.7 Å². The minimum absolute atomic E-state index is 0.00458. The van der Waals surface area contributed by atoms with Gasteiger partial charge in [-0.3, -0.25) is 4.79 Å². The van der Waals surface area contributed by atoms with Crippen LogP contribution in [0.1, 0.15) is 34.9 Å². The fourth-order valence-corrected chi connectivity index (χ4v) is 3.38. The first-order valence-corrected chi connectivity index (χ1v) is 9.90. The van der Waals surface area contributed by atoms with Gasteiger partial charge >= 0.3 is 0 Å². The summed E-state index contributed by atoms with van der Waals surface area (Å²) in [7, 11) is 1.63. The second-order valence-corrected chi connectivity index (χ2v) is 7.43. The van der Waals surface area contributed by atoms with E-state index < -0.39 is 0 Å². The molecule has 152 valence electrons. The quantitative estimate of drug-likeness (QED) is 0.533. The smallest absolute Gasteiger partial charge is 0.140 e. The van der Waals surface area contributed by atoms with Gasteiger partial charge in [-0.1, -0.05) is 41.0 Å². The number of aliphatic hydroxyl groups excluding tert-OH is 1. The molecule has 6 heteroatoms. The van der Waals surface area contributed by atoms with Crippen LogP contribution in [0.15, 0.2) is 59.1 Å². The largest absolute Gasteiger partial charge is 0.497 e. The van der Waals surface area contributed by atoms with Gasteiger partial charge in [0.25, 0.3) is 0 Å². The number of Topliss-reactive ketones (excluding diaryl/α,β-unsaturated/α-hetero) is 1. The van der Waals surface area contributed by atoms with Crippen LogP contribution in [-0.2, 0) is 24.1 Å². The second-order valence-electron chi connectivity index (χ2n) is 6.99. The topological polar surface area (TPSA) is 72.6 Å². The van der Waals surface area contributed by atoms with Crippen LogP contribution in [-0.4, -0.2) is 29.8 Å². The zero-order valence-electron chi connectivity index (χ0n) is 16.3. The molecular formula is C23H24ClNO4. The molecule has 1 heterocycles. The maximum Gasteiger partial charge on any atom is 0.140 e. The third-order valence-electron chi connectivity index (χ3n) is 4.78. The molecule has 0 saturated carbocycles. The molecule has 3 aromatic rings. The summed E-state index contributed by atoms with van der Waals surface area (Å²) >= 11 is 5.92. The van der Waals surface area contributed by atoms with E-state index in [0.29, 0.717) is 42.2 Å². The Hall–Kier alpha value is -2.63. The SMILES string of the molecule is COc1ccc(C[C@H](CC(=O)Cc2ccc(Cl)cc2)c2cc(CCO)no2)cc1. The number of ether oxygens (including phenoxy) is 1. The van der Waals surface area contributed by atoms with Gasteiger partial charge in [0.2, 0.25) is 0 Å². The Morgan fingerprint density at radius 2 is 1.83 bits per heavy atom. The van der Waals surface area contributed by atoms with Crippen LogP contribution < -0.4 is 4.74 Å². The number of hydrogen-bond donors (Lipinski definition) is 1. The van der Waals surface area contributed by atoms with Gasteiger partial charge in [0, 0.05) is 42.9 Å². The highest BCUT2D eigenvalue weighted by Crippen LogP contribution is 2.27. The van der Waals surface area contributed by atoms with E-state index in [9.17, 15) is 4.79 Å². The fourth-order valence-electron chi connectivity index (χ4n) is 3.25. The lowest BCUT2D eigenvalue weighted by molar-refractivity contribution is -0.118. The highest BCUT2D eigenvalue weighted by Gasteiger charge is 2.21. The molecule has 2 aromatic carbocycles. The number of ketones is 1. The van der Waals surface area contributed by atoms with Crippen molar-refractivity contribution in [1.29, 1.82) is 0 Å². The minimum atomic E-state index is -0.136. The summed E-state index contributed by atoms with van der Waals surface area (Å²) < 4.78 is 10.7. The van der Waals surface area contributed by atoms with Crippen LogP contribution in [0.3, 0.4) is 0 Å². The molecule has 0 aliphatic heterocycles. The van der Waals surface area contributed by atoms with Crippen LogP contribution >= 0.6 is 11.6 Å². The van der Waals surface area contributed by atoms with Crippen LogP contribution in [0.2, 0.25) is 5.02 Å². The lowest BCUT2D eigenvalue weighted by atomic mass is 9.90. The number of methoxy groups -OCH3 is 1. The zero-order valence-corrected chi connectivity index (χ0v) is 17.1. The molecule has 0 radical (unpaired) electrons. The number of aromatic nitrogens is 1. The standard InChI is InChI=1S/C23H24ClNO4/c1-28-22-8-4-16(5-9-22)12-18(23-15-20(10-11-26)25-29-23)14-21(27)13-17-2-6-19(24)7-3-17/h2-9,15,18,26H,10-14H2,1H3/t18-/m1/s1. The van der Waals surface area contributed by atoms with Gasteiger partial charge in [0.1, 0.15) is 17.3 Å². The first kappa shape index (κ1) is 21.1. The number of carbonyl (C=O) groups is 1. The van der Waals surface area contributed by atoms with Crippen LogP contribution in [0.25, 0.3) is 0 Å². The number of aliphatic hydroxyl groups is 1. The van der Waals surface area contributed by atoms with Crippen molar-refractivity contribution in [3.63, 3.8) is 0 Å². The predicted molar refractivity (Wildman–Crippen MR) is 112 cm³/mol. The number of benzene rings is 2. The normalized spacial score (nSPS) is 12.0. The molecule has 1 aromatic heterocycles. The van der Waals surface area contributed by atoms with E-state index in [-0.39, 0.29) is 18.3 Å². The van der Waals surface area contributed by atoms with Gasteiger partial charge in [-0.05, 0) is 41.8 Å². The number of nitrogens with zero attached hydrogens (tertiary/aromatic N) is 1. The van der Waals surface area contributed by atoms with Gasteiger partial charge in [-0.15, -0.1) is 0 Å².